The summed E-state index contributed by atoms with van der Waals surface area (Å²) in [5, 5.41) is 1.89. The predicted octanol–water partition coefficient (Wildman–Crippen LogP) is 4.30. The summed E-state index contributed by atoms with van der Waals surface area (Å²) >= 11 is 1.41. The summed E-state index contributed by atoms with van der Waals surface area (Å²) in [5.41, 5.74) is 4.52. The molecule has 2 aromatic heterocycles. The fourth-order valence-corrected chi connectivity index (χ4v) is 4.38. The van der Waals surface area contributed by atoms with Crippen molar-refractivity contribution >= 4 is 28.6 Å². The maximum Gasteiger partial charge on any atom is 0.241 e. The highest BCUT2D eigenvalue weighted by Crippen LogP contribution is 2.34. The number of hydrogen-bond donors (Lipinski definition) is 0. The SMILES string of the molecule is Cc1ccnc(SCC(=O)n2c3c(c4ccccc42)C[C@H](C)CC3)n1. The van der Waals surface area contributed by atoms with E-state index in [1.165, 1.54) is 28.4 Å². The number of thioether (sulfide) groups is 1. The molecule has 0 aliphatic heterocycles. The summed E-state index contributed by atoms with van der Waals surface area (Å²) in [7, 11) is 0. The fourth-order valence-electron chi connectivity index (χ4n) is 3.65. The van der Waals surface area contributed by atoms with Crippen LogP contribution in [-0.2, 0) is 12.8 Å². The van der Waals surface area contributed by atoms with E-state index in [0.29, 0.717) is 16.8 Å². The molecular formula is C20H21N3OS. The Balaban J connectivity index is 1.67. The number of carbonyl (C=O) groups is 1. The lowest BCUT2D eigenvalue weighted by Gasteiger charge is -2.20. The van der Waals surface area contributed by atoms with E-state index in [2.05, 4.69) is 35.1 Å². The Labute approximate surface area is 151 Å². The van der Waals surface area contributed by atoms with Gasteiger partial charge in [0, 0.05) is 23.0 Å². The molecule has 0 unspecified atom stereocenters. The van der Waals surface area contributed by atoms with Crippen LogP contribution in [0.5, 0.6) is 0 Å². The third-order valence-corrected chi connectivity index (χ3v) is 5.71. The normalized spacial score (nSPS) is 16.8. The van der Waals surface area contributed by atoms with Crippen molar-refractivity contribution in [1.29, 1.82) is 0 Å². The predicted molar refractivity (Wildman–Crippen MR) is 101 cm³/mol. The van der Waals surface area contributed by atoms with Gasteiger partial charge in [0.1, 0.15) is 0 Å². The van der Waals surface area contributed by atoms with Gasteiger partial charge in [-0.3, -0.25) is 9.36 Å². The van der Waals surface area contributed by atoms with Gasteiger partial charge in [0.05, 0.1) is 11.3 Å². The van der Waals surface area contributed by atoms with Gasteiger partial charge in [-0.05, 0) is 49.8 Å². The lowest BCUT2D eigenvalue weighted by molar-refractivity contribution is 0.0943. The number of benzene rings is 1. The number of para-hydroxylation sites is 1. The monoisotopic (exact) mass is 351 g/mol. The first kappa shape index (κ1) is 16.3. The summed E-state index contributed by atoms with van der Waals surface area (Å²) in [6, 6.07) is 10.1. The first-order chi connectivity index (χ1) is 12.1. The van der Waals surface area contributed by atoms with Crippen LogP contribution in [-0.4, -0.2) is 26.2 Å². The lowest BCUT2D eigenvalue weighted by atomic mass is 9.88. The first-order valence-electron chi connectivity index (χ1n) is 8.70. The molecule has 4 nitrogen and oxygen atoms in total. The second-order valence-electron chi connectivity index (χ2n) is 6.79. The smallest absolute Gasteiger partial charge is 0.241 e. The molecular weight excluding hydrogens is 330 g/mol. The number of hydrogen-bond acceptors (Lipinski definition) is 4. The van der Waals surface area contributed by atoms with Gasteiger partial charge in [-0.25, -0.2) is 9.97 Å². The van der Waals surface area contributed by atoms with Crippen LogP contribution in [0, 0.1) is 12.8 Å². The Morgan fingerprint density at radius 2 is 2.16 bits per heavy atom. The largest absolute Gasteiger partial charge is 0.283 e. The van der Waals surface area contributed by atoms with Crippen LogP contribution in [0.15, 0.2) is 41.7 Å². The van der Waals surface area contributed by atoms with E-state index in [-0.39, 0.29) is 5.91 Å². The molecule has 128 valence electrons. The van der Waals surface area contributed by atoms with Gasteiger partial charge < -0.3 is 0 Å². The quantitative estimate of drug-likeness (QED) is 0.521. The van der Waals surface area contributed by atoms with E-state index in [1.807, 2.05) is 23.6 Å². The van der Waals surface area contributed by atoms with Gasteiger partial charge in [0.15, 0.2) is 5.16 Å². The molecule has 0 N–H and O–H groups in total. The van der Waals surface area contributed by atoms with Crippen molar-refractivity contribution in [3.8, 4) is 0 Å². The molecule has 1 atom stereocenters. The highest BCUT2D eigenvalue weighted by atomic mass is 32.2. The van der Waals surface area contributed by atoms with Gasteiger partial charge in [0.2, 0.25) is 5.91 Å². The number of rotatable bonds is 3. The fraction of sp³-hybridized carbons (Fsp3) is 0.350. The number of aryl methyl sites for hydroxylation is 1. The molecule has 0 saturated heterocycles. The maximum absolute atomic E-state index is 13.0. The van der Waals surface area contributed by atoms with Gasteiger partial charge in [-0.2, -0.15) is 0 Å². The molecule has 1 aliphatic carbocycles. The zero-order chi connectivity index (χ0) is 17.4. The van der Waals surface area contributed by atoms with Crippen molar-refractivity contribution in [2.75, 3.05) is 5.75 Å². The Morgan fingerprint density at radius 3 is 3.00 bits per heavy atom. The zero-order valence-corrected chi connectivity index (χ0v) is 15.3. The van der Waals surface area contributed by atoms with E-state index < -0.39 is 0 Å². The van der Waals surface area contributed by atoms with Crippen LogP contribution in [0.25, 0.3) is 10.9 Å². The number of fused-ring (bicyclic) bond motifs is 3. The summed E-state index contributed by atoms with van der Waals surface area (Å²) in [5.74, 6) is 1.14. The highest BCUT2D eigenvalue weighted by Gasteiger charge is 2.25. The molecule has 0 fully saturated rings. The lowest BCUT2D eigenvalue weighted by Crippen LogP contribution is -2.20. The molecule has 25 heavy (non-hydrogen) atoms. The van der Waals surface area contributed by atoms with Crippen LogP contribution >= 0.6 is 11.8 Å². The number of carbonyl (C=O) groups excluding carboxylic acids is 1. The minimum Gasteiger partial charge on any atom is -0.283 e. The molecule has 1 aliphatic rings. The summed E-state index contributed by atoms with van der Waals surface area (Å²) in [6.45, 7) is 4.23. The summed E-state index contributed by atoms with van der Waals surface area (Å²) in [4.78, 5) is 21.6. The summed E-state index contributed by atoms with van der Waals surface area (Å²) < 4.78 is 1.94. The molecule has 0 amide bonds. The topological polar surface area (TPSA) is 47.8 Å². The molecule has 0 bridgehead atoms. The van der Waals surface area contributed by atoms with Crippen LogP contribution in [0.2, 0.25) is 0 Å². The molecule has 2 heterocycles. The minimum atomic E-state index is 0.113. The average Bonchev–Trinajstić information content (AvgIpc) is 2.94. The van der Waals surface area contributed by atoms with Crippen molar-refractivity contribution in [3.05, 3.63) is 53.5 Å². The van der Waals surface area contributed by atoms with Crippen molar-refractivity contribution in [3.63, 3.8) is 0 Å². The maximum atomic E-state index is 13.0. The number of aromatic nitrogens is 3. The van der Waals surface area contributed by atoms with Crippen molar-refractivity contribution in [1.82, 2.24) is 14.5 Å². The van der Waals surface area contributed by atoms with Crippen LogP contribution in [0.4, 0.5) is 0 Å². The second kappa shape index (κ2) is 6.64. The van der Waals surface area contributed by atoms with Crippen LogP contribution in [0.1, 0.15) is 35.1 Å². The van der Waals surface area contributed by atoms with Gasteiger partial charge >= 0.3 is 0 Å². The average molecular weight is 351 g/mol. The van der Waals surface area contributed by atoms with Crippen molar-refractivity contribution < 1.29 is 4.79 Å². The van der Waals surface area contributed by atoms with E-state index in [4.69, 9.17) is 0 Å². The zero-order valence-electron chi connectivity index (χ0n) is 14.5. The van der Waals surface area contributed by atoms with E-state index in [1.54, 1.807) is 6.20 Å². The van der Waals surface area contributed by atoms with Gasteiger partial charge in [-0.15, -0.1) is 0 Å². The third kappa shape index (κ3) is 3.09. The Kier molecular flexibility index (Phi) is 4.34. The standard InChI is InChI=1S/C20H21N3OS/c1-13-7-8-18-16(11-13)15-5-3-4-6-17(15)23(18)19(24)12-25-20-21-10-9-14(2)22-20/h3-6,9-10,13H,7-8,11-12H2,1-2H3/t13-/m1/s1. The van der Waals surface area contributed by atoms with E-state index >= 15 is 0 Å². The highest BCUT2D eigenvalue weighted by molar-refractivity contribution is 7.99. The Morgan fingerprint density at radius 1 is 1.32 bits per heavy atom. The van der Waals surface area contributed by atoms with Crippen LogP contribution < -0.4 is 0 Å². The van der Waals surface area contributed by atoms with E-state index in [0.717, 1.165) is 30.5 Å². The Hall–Kier alpha value is -2.14. The Bertz CT molecular complexity index is 947. The van der Waals surface area contributed by atoms with Crippen molar-refractivity contribution in [2.24, 2.45) is 5.92 Å². The molecule has 0 spiro atoms. The van der Waals surface area contributed by atoms with Gasteiger partial charge in [-0.1, -0.05) is 36.9 Å². The van der Waals surface area contributed by atoms with Crippen LogP contribution in [0.3, 0.4) is 0 Å². The number of nitrogens with zero attached hydrogens (tertiary/aromatic N) is 3. The molecule has 0 radical (unpaired) electrons. The molecule has 0 saturated carbocycles. The van der Waals surface area contributed by atoms with E-state index in [9.17, 15) is 4.79 Å². The second-order valence-corrected chi connectivity index (χ2v) is 7.73. The summed E-state index contributed by atoms with van der Waals surface area (Å²) in [6.07, 6.45) is 4.92. The third-order valence-electron chi connectivity index (χ3n) is 4.86. The molecule has 3 aromatic rings. The molecule has 4 rings (SSSR count). The minimum absolute atomic E-state index is 0.113. The first-order valence-corrected chi connectivity index (χ1v) is 9.69. The molecule has 1 aromatic carbocycles. The van der Waals surface area contributed by atoms with Gasteiger partial charge in [0.25, 0.3) is 0 Å². The van der Waals surface area contributed by atoms with Crippen molar-refractivity contribution in [2.45, 2.75) is 38.3 Å². The molecule has 5 heteroatoms.